The van der Waals surface area contributed by atoms with Crippen molar-refractivity contribution >= 4 is 46.3 Å². The van der Waals surface area contributed by atoms with Crippen molar-refractivity contribution in [3.8, 4) is 0 Å². The summed E-state index contributed by atoms with van der Waals surface area (Å²) < 4.78 is 20.1. The molecule has 0 spiro atoms. The molecule has 4 rings (SSSR count). The van der Waals surface area contributed by atoms with Crippen LogP contribution in [0.1, 0.15) is 55.4 Å². The van der Waals surface area contributed by atoms with Crippen LogP contribution in [0, 0.1) is 5.82 Å². The number of anilines is 4. The van der Waals surface area contributed by atoms with Crippen LogP contribution in [0.15, 0.2) is 36.5 Å². The molecule has 2 aromatic heterocycles. The topological polar surface area (TPSA) is 125 Å². The van der Waals surface area contributed by atoms with E-state index in [1.54, 1.807) is 0 Å². The molecule has 1 saturated heterocycles. The van der Waals surface area contributed by atoms with Crippen molar-refractivity contribution < 1.29 is 18.7 Å². The van der Waals surface area contributed by atoms with Gasteiger partial charge in [-0.25, -0.2) is 23.9 Å². The van der Waals surface area contributed by atoms with Crippen molar-refractivity contribution in [3.63, 3.8) is 0 Å². The fraction of sp³-hybridized carbons (Fsp3) is 0.483. The number of carbonyl (C=O) groups excluding carboxylic acids is 2. The van der Waals surface area contributed by atoms with Gasteiger partial charge in [-0.15, -0.1) is 0 Å². The number of ether oxygens (including phenoxy) is 1. The van der Waals surface area contributed by atoms with Crippen molar-refractivity contribution in [3.05, 3.63) is 42.3 Å². The Labute approximate surface area is 239 Å². The number of aromatic nitrogens is 3. The largest absolute Gasteiger partial charge is 0.444 e. The maximum Gasteiger partial charge on any atom is 0.410 e. The fourth-order valence-electron chi connectivity index (χ4n) is 4.66. The standard InChI is InChI=1S/C29H39FN8O3/c1-17-15-37(16-18(2)38(17)27(40)41-29(6,7)8)21-11-9-20(10-12-21)32-25-31-14-19-13-22(30)24(33-23(19)34-25)35-26(39)36-28(3,4)5/h9-14,17-18H,15-16H2,1-8H3,(H3,31,32,33,34,35,36,39). The number of carbonyl (C=O) groups is 2. The van der Waals surface area contributed by atoms with Crippen LogP contribution in [-0.2, 0) is 4.74 Å². The highest BCUT2D eigenvalue weighted by Crippen LogP contribution is 2.27. The summed E-state index contributed by atoms with van der Waals surface area (Å²) in [5.41, 5.74) is 0.985. The number of nitrogens with zero attached hydrogens (tertiary/aromatic N) is 5. The molecule has 3 N–H and O–H groups in total. The van der Waals surface area contributed by atoms with Gasteiger partial charge < -0.3 is 20.3 Å². The number of benzene rings is 1. The molecule has 11 nitrogen and oxygen atoms in total. The highest BCUT2D eigenvalue weighted by molar-refractivity contribution is 5.90. The van der Waals surface area contributed by atoms with Crippen LogP contribution in [0.3, 0.4) is 0 Å². The number of rotatable bonds is 4. The van der Waals surface area contributed by atoms with Gasteiger partial charge in [-0.05, 0) is 85.7 Å². The third-order valence-corrected chi connectivity index (χ3v) is 6.25. The third kappa shape index (κ3) is 7.71. The summed E-state index contributed by atoms with van der Waals surface area (Å²) in [5.74, 6) is -0.622. The summed E-state index contributed by atoms with van der Waals surface area (Å²) in [7, 11) is 0. The van der Waals surface area contributed by atoms with Crippen molar-refractivity contribution in [2.75, 3.05) is 28.6 Å². The molecule has 1 aromatic carbocycles. The molecule has 220 valence electrons. The Morgan fingerprint density at radius 3 is 2.22 bits per heavy atom. The quantitative estimate of drug-likeness (QED) is 0.369. The van der Waals surface area contributed by atoms with E-state index in [9.17, 15) is 14.0 Å². The Morgan fingerprint density at radius 2 is 1.63 bits per heavy atom. The van der Waals surface area contributed by atoms with E-state index >= 15 is 0 Å². The lowest BCUT2D eigenvalue weighted by atomic mass is 10.1. The normalized spacial score (nSPS) is 17.8. The Hall–Kier alpha value is -4.22. The first-order chi connectivity index (χ1) is 19.1. The second kappa shape index (κ2) is 11.3. The molecule has 2 unspecified atom stereocenters. The van der Waals surface area contributed by atoms with Crippen molar-refractivity contribution in [2.45, 2.75) is 78.6 Å². The zero-order valence-electron chi connectivity index (χ0n) is 24.9. The molecule has 41 heavy (non-hydrogen) atoms. The van der Waals surface area contributed by atoms with Gasteiger partial charge in [0.25, 0.3) is 0 Å². The zero-order valence-corrected chi connectivity index (χ0v) is 24.9. The minimum atomic E-state index is -0.683. The number of urea groups is 1. The molecule has 0 bridgehead atoms. The predicted molar refractivity (Wildman–Crippen MR) is 158 cm³/mol. The number of hydrogen-bond acceptors (Lipinski definition) is 8. The minimum absolute atomic E-state index is 0.0198. The van der Waals surface area contributed by atoms with E-state index in [4.69, 9.17) is 4.74 Å². The molecule has 3 amide bonds. The lowest BCUT2D eigenvalue weighted by Gasteiger charge is -2.45. The molecule has 0 saturated carbocycles. The summed E-state index contributed by atoms with van der Waals surface area (Å²) in [5, 5.41) is 8.70. The SMILES string of the molecule is CC1CN(c2ccc(Nc3ncc4cc(F)c(NC(=O)NC(C)(C)C)nc4n3)cc2)CC(C)N1C(=O)OC(C)(C)C. The highest BCUT2D eigenvalue weighted by atomic mass is 19.1. The lowest BCUT2D eigenvalue weighted by Crippen LogP contribution is -2.59. The minimum Gasteiger partial charge on any atom is -0.444 e. The molecule has 3 heterocycles. The molecule has 1 aliphatic heterocycles. The summed E-state index contributed by atoms with van der Waals surface area (Å²) in [4.78, 5) is 41.9. The first kappa shape index (κ1) is 29.8. The Balaban J connectivity index is 1.43. The van der Waals surface area contributed by atoms with Crippen LogP contribution in [0.25, 0.3) is 11.0 Å². The molecule has 1 aliphatic rings. The fourth-order valence-corrected chi connectivity index (χ4v) is 4.66. The molecule has 3 aromatic rings. The van der Waals surface area contributed by atoms with Crippen LogP contribution >= 0.6 is 0 Å². The number of fused-ring (bicyclic) bond motifs is 1. The molecular formula is C29H39FN8O3. The van der Waals surface area contributed by atoms with Gasteiger partial charge >= 0.3 is 12.1 Å². The average Bonchev–Trinajstić information content (AvgIpc) is 2.82. The van der Waals surface area contributed by atoms with Gasteiger partial charge in [-0.3, -0.25) is 10.2 Å². The van der Waals surface area contributed by atoms with Gasteiger partial charge in [-0.2, -0.15) is 4.98 Å². The number of piperazine rings is 1. The molecule has 0 aliphatic carbocycles. The third-order valence-electron chi connectivity index (χ3n) is 6.25. The van der Waals surface area contributed by atoms with Crippen LogP contribution < -0.4 is 20.9 Å². The summed E-state index contributed by atoms with van der Waals surface area (Å²) >= 11 is 0. The second-order valence-electron chi connectivity index (χ2n) is 12.4. The summed E-state index contributed by atoms with van der Waals surface area (Å²) in [6, 6.07) is 8.46. The van der Waals surface area contributed by atoms with Crippen LogP contribution in [0.2, 0.25) is 0 Å². The van der Waals surface area contributed by atoms with Gasteiger partial charge in [0.1, 0.15) is 5.60 Å². The summed E-state index contributed by atoms with van der Waals surface area (Å²) in [6.45, 7) is 16.5. The van der Waals surface area contributed by atoms with E-state index in [0.717, 1.165) is 11.4 Å². The smallest absolute Gasteiger partial charge is 0.410 e. The number of halogens is 1. The number of pyridine rings is 1. The van der Waals surface area contributed by atoms with Gasteiger partial charge in [0, 0.05) is 41.6 Å². The Bertz CT molecular complexity index is 1410. The maximum atomic E-state index is 14.5. The Morgan fingerprint density at radius 1 is 1.00 bits per heavy atom. The summed E-state index contributed by atoms with van der Waals surface area (Å²) in [6.07, 6.45) is 1.18. The van der Waals surface area contributed by atoms with E-state index in [-0.39, 0.29) is 35.6 Å². The Kier molecular flexibility index (Phi) is 8.23. The number of amides is 3. The van der Waals surface area contributed by atoms with Gasteiger partial charge in [0.15, 0.2) is 17.3 Å². The lowest BCUT2D eigenvalue weighted by molar-refractivity contribution is 0.00565. The van der Waals surface area contributed by atoms with E-state index in [2.05, 4.69) is 35.8 Å². The predicted octanol–water partition coefficient (Wildman–Crippen LogP) is 5.66. The highest BCUT2D eigenvalue weighted by Gasteiger charge is 2.35. The van der Waals surface area contributed by atoms with Gasteiger partial charge in [0.05, 0.1) is 12.1 Å². The number of hydrogen-bond donors (Lipinski definition) is 3. The first-order valence-electron chi connectivity index (χ1n) is 13.6. The molecule has 0 radical (unpaired) electrons. The van der Waals surface area contributed by atoms with Gasteiger partial charge in [0.2, 0.25) is 5.95 Å². The van der Waals surface area contributed by atoms with Crippen LogP contribution in [0.5, 0.6) is 0 Å². The molecular weight excluding hydrogens is 527 g/mol. The molecule has 12 heteroatoms. The van der Waals surface area contributed by atoms with Gasteiger partial charge in [-0.1, -0.05) is 0 Å². The van der Waals surface area contributed by atoms with E-state index < -0.39 is 23.0 Å². The molecule has 1 fully saturated rings. The van der Waals surface area contributed by atoms with Crippen molar-refractivity contribution in [1.82, 2.24) is 25.2 Å². The average molecular weight is 567 g/mol. The monoisotopic (exact) mass is 566 g/mol. The van der Waals surface area contributed by atoms with Crippen molar-refractivity contribution in [1.29, 1.82) is 0 Å². The van der Waals surface area contributed by atoms with E-state index in [1.165, 1.54) is 12.3 Å². The van der Waals surface area contributed by atoms with Crippen LogP contribution in [0.4, 0.5) is 37.1 Å². The zero-order chi connectivity index (χ0) is 30.1. The number of nitrogens with one attached hydrogen (secondary N) is 3. The first-order valence-corrected chi connectivity index (χ1v) is 13.6. The van der Waals surface area contributed by atoms with Crippen molar-refractivity contribution in [2.24, 2.45) is 0 Å². The van der Waals surface area contributed by atoms with E-state index in [0.29, 0.717) is 18.5 Å². The van der Waals surface area contributed by atoms with Crippen LogP contribution in [-0.4, -0.2) is 68.3 Å². The van der Waals surface area contributed by atoms with E-state index in [1.807, 2.05) is 84.6 Å². The second-order valence-corrected chi connectivity index (χ2v) is 12.4. The maximum absolute atomic E-state index is 14.5. The molecule has 2 atom stereocenters.